The van der Waals surface area contributed by atoms with Crippen LogP contribution in [-0.4, -0.2) is 28.9 Å². The fraction of sp³-hybridized carbons (Fsp3) is 0.333. The number of para-hydroxylation sites is 1. The fourth-order valence-electron chi connectivity index (χ4n) is 1.27. The topological polar surface area (TPSA) is 121 Å². The Balaban J connectivity index is 2.82. The van der Waals surface area contributed by atoms with Gasteiger partial charge in [-0.05, 0) is 26.0 Å². The maximum absolute atomic E-state index is 11.9. The van der Waals surface area contributed by atoms with Gasteiger partial charge in [-0.3, -0.25) is 4.79 Å². The first-order valence-corrected chi connectivity index (χ1v) is 5.64. The van der Waals surface area contributed by atoms with Crippen LogP contribution in [0.1, 0.15) is 24.2 Å². The Morgan fingerprint density at radius 2 is 1.95 bits per heavy atom. The highest BCUT2D eigenvalue weighted by Crippen LogP contribution is 2.23. The molecule has 8 heteroatoms. The quantitative estimate of drug-likeness (QED) is 0.383. The average molecular weight is 285 g/mol. The first kappa shape index (κ1) is 16.1. The van der Waals surface area contributed by atoms with Crippen molar-refractivity contribution in [1.82, 2.24) is 0 Å². The number of carboxylic acid groups (broad SMARTS) is 1. The van der Waals surface area contributed by atoms with E-state index in [-0.39, 0.29) is 11.3 Å². The number of aromatic carboxylic acids is 1. The van der Waals surface area contributed by atoms with E-state index in [2.05, 4.69) is 4.84 Å². The van der Waals surface area contributed by atoms with E-state index in [4.69, 9.17) is 15.1 Å². The molecule has 0 radical (unpaired) electrons. The molecule has 0 bridgehead atoms. The van der Waals surface area contributed by atoms with E-state index in [0.717, 1.165) is 0 Å². The zero-order valence-electron chi connectivity index (χ0n) is 11.0. The lowest BCUT2D eigenvalue weighted by atomic mass is 9.95. The van der Waals surface area contributed by atoms with Crippen molar-refractivity contribution in [3.63, 3.8) is 0 Å². The maximum atomic E-state index is 11.9. The smallest absolute Gasteiger partial charge is 0.339 e. The molecule has 0 saturated carbocycles. The van der Waals surface area contributed by atoms with Crippen LogP contribution in [0.3, 0.4) is 0 Å². The summed E-state index contributed by atoms with van der Waals surface area (Å²) in [6.45, 7) is 2.47. The molecule has 0 aliphatic heterocycles. The maximum Gasteiger partial charge on any atom is 0.339 e. The molecule has 110 valence electrons. The molecular weight excluding hydrogens is 270 g/mol. The summed E-state index contributed by atoms with van der Waals surface area (Å²) in [5, 5.41) is 26.2. The van der Waals surface area contributed by atoms with E-state index >= 15 is 0 Å². The highest BCUT2D eigenvalue weighted by atomic mass is 17.1. The molecule has 0 aliphatic carbocycles. The lowest BCUT2D eigenvalue weighted by molar-refractivity contribution is -1.21. The first-order chi connectivity index (χ1) is 9.24. The molecule has 1 aromatic carbocycles. The van der Waals surface area contributed by atoms with E-state index in [1.165, 1.54) is 38.1 Å². The summed E-state index contributed by atoms with van der Waals surface area (Å²) >= 11 is 0. The Morgan fingerprint density at radius 3 is 2.50 bits per heavy atom. The van der Waals surface area contributed by atoms with Gasteiger partial charge in [0.05, 0.1) is 5.41 Å². The minimum atomic E-state index is -1.50. The molecule has 1 atom stereocenters. The summed E-state index contributed by atoms with van der Waals surface area (Å²) in [4.78, 5) is 27.3. The van der Waals surface area contributed by atoms with Gasteiger partial charge in [0.25, 0.3) is 0 Å². The molecule has 8 nitrogen and oxygen atoms in total. The van der Waals surface area contributed by atoms with Crippen molar-refractivity contribution in [2.45, 2.75) is 13.8 Å². The number of esters is 1. The van der Waals surface area contributed by atoms with Crippen molar-refractivity contribution in [3.05, 3.63) is 35.0 Å². The summed E-state index contributed by atoms with van der Waals surface area (Å²) in [6, 6.07) is 5.66. The van der Waals surface area contributed by atoms with Crippen LogP contribution in [0.2, 0.25) is 0 Å². The number of rotatable bonds is 6. The number of carboxylic acids is 1. The normalized spacial score (nSPS) is 12.8. The third-order valence-electron chi connectivity index (χ3n) is 2.43. The number of carbonyl (C=O) groups is 2. The van der Waals surface area contributed by atoms with Crippen molar-refractivity contribution in [2.24, 2.45) is 5.41 Å². The molecule has 20 heavy (non-hydrogen) atoms. The molecule has 0 spiro atoms. The Morgan fingerprint density at radius 1 is 1.35 bits per heavy atom. The molecule has 1 aromatic rings. The largest absolute Gasteiger partial charge is 0.566 e. The van der Waals surface area contributed by atoms with Gasteiger partial charge in [-0.25, -0.2) is 4.79 Å². The number of quaternary nitrogens is 1. The Kier molecular flexibility index (Phi) is 5.17. The monoisotopic (exact) mass is 285 g/mol. The molecule has 1 rings (SSSR count). The van der Waals surface area contributed by atoms with Gasteiger partial charge in [0.2, 0.25) is 0 Å². The third kappa shape index (κ3) is 4.28. The third-order valence-corrected chi connectivity index (χ3v) is 2.43. The minimum absolute atomic E-state index is 0.103. The number of nitrogens with one attached hydrogen (secondary N) is 1. The summed E-state index contributed by atoms with van der Waals surface area (Å²) in [5.41, 5.74) is -1.39. The van der Waals surface area contributed by atoms with Crippen molar-refractivity contribution in [1.29, 1.82) is 0 Å². The van der Waals surface area contributed by atoms with Crippen molar-refractivity contribution >= 4 is 11.9 Å². The summed E-state index contributed by atoms with van der Waals surface area (Å²) in [7, 11) is 0. The second kappa shape index (κ2) is 6.44. The first-order valence-electron chi connectivity index (χ1n) is 5.64. The molecule has 3 N–H and O–H groups in total. The molecule has 0 amide bonds. The Hall–Kier alpha value is -2.00. The van der Waals surface area contributed by atoms with Gasteiger partial charge in [-0.2, -0.15) is 10.0 Å². The summed E-state index contributed by atoms with van der Waals surface area (Å²) in [6.07, 6.45) is 0. The van der Waals surface area contributed by atoms with E-state index in [1.807, 2.05) is 0 Å². The van der Waals surface area contributed by atoms with E-state index < -0.39 is 29.4 Å². The van der Waals surface area contributed by atoms with Crippen LogP contribution in [0, 0.1) is 10.6 Å². The molecular formula is C12H15NO7. The van der Waals surface area contributed by atoms with Crippen molar-refractivity contribution in [2.75, 3.05) is 6.61 Å². The molecule has 0 aromatic heterocycles. The predicted molar refractivity (Wildman–Crippen MR) is 64.9 cm³/mol. The SMILES string of the molecule is CC(C)(CO[NH+]([O-])O)C(=O)Oc1ccccc1C(=O)O. The van der Waals surface area contributed by atoms with Crippen molar-refractivity contribution < 1.29 is 34.9 Å². The van der Waals surface area contributed by atoms with Crippen LogP contribution in [0.5, 0.6) is 5.75 Å². The van der Waals surface area contributed by atoms with E-state index in [1.54, 1.807) is 0 Å². The summed E-state index contributed by atoms with van der Waals surface area (Å²) < 4.78 is 5.01. The second-order valence-corrected chi connectivity index (χ2v) is 4.63. The fourth-order valence-corrected chi connectivity index (χ4v) is 1.27. The molecule has 0 fully saturated rings. The van der Waals surface area contributed by atoms with Gasteiger partial charge >= 0.3 is 11.9 Å². The van der Waals surface area contributed by atoms with Gasteiger partial charge in [0.1, 0.15) is 17.9 Å². The van der Waals surface area contributed by atoms with Gasteiger partial charge in [-0.15, -0.1) is 0 Å². The van der Waals surface area contributed by atoms with Crippen LogP contribution in [0.15, 0.2) is 24.3 Å². The van der Waals surface area contributed by atoms with Gasteiger partial charge in [0.15, 0.2) is 0 Å². The Labute approximate surface area is 114 Å². The van der Waals surface area contributed by atoms with Crippen LogP contribution >= 0.6 is 0 Å². The minimum Gasteiger partial charge on any atom is -0.566 e. The highest BCUT2D eigenvalue weighted by molar-refractivity contribution is 5.92. The molecule has 1 unspecified atom stereocenters. The standard InChI is InChI=1S/C12H15NO7/c1-12(2,7-19-13(17)18)11(16)20-9-6-4-3-5-8(9)10(14)15/h3-6,13,17H,7H2,1-2H3,(H,14,15). The van der Waals surface area contributed by atoms with Crippen LogP contribution < -0.4 is 10.1 Å². The zero-order chi connectivity index (χ0) is 15.3. The molecule has 0 heterocycles. The van der Waals surface area contributed by atoms with Crippen molar-refractivity contribution in [3.8, 4) is 5.75 Å². The van der Waals surface area contributed by atoms with Gasteiger partial charge < -0.3 is 15.1 Å². The van der Waals surface area contributed by atoms with Crippen LogP contribution in [0.25, 0.3) is 0 Å². The number of ether oxygens (including phenoxy) is 1. The lowest BCUT2D eigenvalue weighted by Crippen LogP contribution is -3.03. The number of hydrogen-bond acceptors (Lipinski definition) is 6. The molecule has 0 aliphatic rings. The van der Waals surface area contributed by atoms with Crippen LogP contribution in [0.4, 0.5) is 0 Å². The average Bonchev–Trinajstić information content (AvgIpc) is 2.36. The molecule has 0 saturated heterocycles. The van der Waals surface area contributed by atoms with Gasteiger partial charge in [0, 0.05) is 0 Å². The predicted octanol–water partition coefficient (Wildman–Crippen LogP) is 0.0199. The van der Waals surface area contributed by atoms with Crippen LogP contribution in [-0.2, 0) is 9.63 Å². The Bertz CT molecular complexity index is 498. The lowest BCUT2D eigenvalue weighted by Gasteiger charge is -2.22. The van der Waals surface area contributed by atoms with E-state index in [9.17, 15) is 14.8 Å². The second-order valence-electron chi connectivity index (χ2n) is 4.63. The zero-order valence-corrected chi connectivity index (χ0v) is 11.0. The number of carbonyl (C=O) groups excluding carboxylic acids is 1. The number of benzene rings is 1. The number of hydrogen-bond donors (Lipinski definition) is 3. The van der Waals surface area contributed by atoms with E-state index in [0.29, 0.717) is 0 Å². The summed E-state index contributed by atoms with van der Waals surface area (Å²) in [5.74, 6) is -2.12. The highest BCUT2D eigenvalue weighted by Gasteiger charge is 2.32. The van der Waals surface area contributed by atoms with Gasteiger partial charge in [-0.1, -0.05) is 17.5 Å².